The van der Waals surface area contributed by atoms with Gasteiger partial charge in [-0.2, -0.15) is 0 Å². The van der Waals surface area contributed by atoms with Gasteiger partial charge in [0.25, 0.3) is 11.4 Å². The maximum absolute atomic E-state index is 8.95. The van der Waals surface area contributed by atoms with Gasteiger partial charge in [-0.05, 0) is 27.3 Å². The molecule has 1 aliphatic rings. The highest BCUT2D eigenvalue weighted by Gasteiger charge is 2.05. The zero-order valence-corrected chi connectivity index (χ0v) is 9.81. The van der Waals surface area contributed by atoms with Gasteiger partial charge in [0.05, 0.1) is 25.3 Å². The predicted octanol–water partition coefficient (Wildman–Crippen LogP) is -0.247. The van der Waals surface area contributed by atoms with E-state index in [9.17, 15) is 0 Å². The quantitative estimate of drug-likeness (QED) is 0.589. The topological polar surface area (TPSA) is 56.3 Å². The van der Waals surface area contributed by atoms with Crippen LogP contribution in [0.25, 0.3) is 33.2 Å². The van der Waals surface area contributed by atoms with Crippen molar-refractivity contribution in [1.82, 2.24) is 0 Å². The zero-order valence-electron chi connectivity index (χ0n) is 9.81. The van der Waals surface area contributed by atoms with Gasteiger partial charge in [-0.1, -0.05) is 24.3 Å². The molecule has 1 aromatic carbocycles. The third kappa shape index (κ3) is 1.85. The van der Waals surface area contributed by atoms with E-state index in [2.05, 4.69) is 9.69 Å². The molecular weight excluding hydrogens is 236 g/mol. The maximum atomic E-state index is 8.95. The summed E-state index contributed by atoms with van der Waals surface area (Å²) in [7, 11) is 0. The Morgan fingerprint density at radius 1 is 0.947 bits per heavy atom. The second-order valence-corrected chi connectivity index (χ2v) is 3.78. The third-order valence-electron chi connectivity index (χ3n) is 2.88. The summed E-state index contributed by atoms with van der Waals surface area (Å²) in [5.41, 5.74) is 0.0475. The molecule has 4 heteroatoms. The van der Waals surface area contributed by atoms with Gasteiger partial charge in [0, 0.05) is 0 Å². The Balaban J connectivity index is 3.16. The molecule has 0 amide bonds. The van der Waals surface area contributed by atoms with Crippen molar-refractivity contribution in [3.63, 3.8) is 0 Å². The van der Waals surface area contributed by atoms with Crippen molar-refractivity contribution in [2.24, 2.45) is 0 Å². The van der Waals surface area contributed by atoms with Crippen molar-refractivity contribution in [3.05, 3.63) is 55.8 Å². The first-order valence-electron chi connectivity index (χ1n) is 5.40. The van der Waals surface area contributed by atoms with E-state index in [1.807, 2.05) is 24.3 Å². The van der Waals surface area contributed by atoms with Crippen LogP contribution >= 0.6 is 0 Å². The fraction of sp³-hybridized carbons (Fsp3) is 0.0667. The van der Waals surface area contributed by atoms with Gasteiger partial charge in [0.2, 0.25) is 0 Å². The average molecular weight is 242 g/mol. The van der Waals surface area contributed by atoms with Crippen LogP contribution < -0.4 is 20.9 Å². The first-order valence-corrected chi connectivity index (χ1v) is 5.40. The van der Waals surface area contributed by atoms with E-state index in [1.165, 1.54) is 0 Å². The molecule has 4 nitrogen and oxygen atoms in total. The van der Waals surface area contributed by atoms with Crippen molar-refractivity contribution in [1.29, 1.82) is 10.5 Å². The molecule has 1 aliphatic carbocycles. The Bertz CT molecular complexity index is 855. The Hall–Kier alpha value is -3.34. The molecule has 0 fully saturated rings. The van der Waals surface area contributed by atoms with Crippen LogP contribution in [-0.4, -0.2) is 0 Å². The largest absolute Gasteiger partial charge is 0.269 e. The van der Waals surface area contributed by atoms with Crippen molar-refractivity contribution >= 4 is 23.5 Å². The number of nitriles is 2. The molecule has 0 spiro atoms. The lowest BCUT2D eigenvalue weighted by Gasteiger charge is -1.93. The molecular formula is C15H6N4. The van der Waals surface area contributed by atoms with E-state index in [1.54, 1.807) is 12.1 Å². The van der Waals surface area contributed by atoms with Gasteiger partial charge >= 0.3 is 0 Å². The summed E-state index contributed by atoms with van der Waals surface area (Å²) in [6.07, 6.45) is 4.47. The van der Waals surface area contributed by atoms with Gasteiger partial charge < -0.3 is 0 Å². The van der Waals surface area contributed by atoms with Gasteiger partial charge in [0.15, 0.2) is 0 Å². The normalized spacial score (nSPS) is 14.3. The standard InChI is InChI=1S/C15H6N4/c1-18-14(8-16)12-6-7-13(15(9-17)19-2)11-5-3-4-10(11)12/h4-7H,3H2/b14-12+,15-13?. The Morgan fingerprint density at radius 3 is 1.68 bits per heavy atom. The van der Waals surface area contributed by atoms with Gasteiger partial charge in [-0.15, -0.1) is 0 Å². The van der Waals surface area contributed by atoms with Gasteiger partial charge in [0.1, 0.15) is 0 Å². The van der Waals surface area contributed by atoms with Crippen LogP contribution in [-0.2, 0) is 0 Å². The number of hydrogen-bond donors (Lipinski definition) is 0. The molecule has 0 N–H and O–H groups in total. The predicted molar refractivity (Wildman–Crippen MR) is 69.7 cm³/mol. The van der Waals surface area contributed by atoms with Crippen molar-refractivity contribution in [2.45, 2.75) is 6.42 Å². The molecule has 0 aliphatic heterocycles. The van der Waals surface area contributed by atoms with E-state index in [0.29, 0.717) is 16.9 Å². The zero-order chi connectivity index (χ0) is 13.8. The van der Waals surface area contributed by atoms with E-state index < -0.39 is 0 Å². The van der Waals surface area contributed by atoms with Crippen LogP contribution in [0.4, 0.5) is 0 Å². The van der Waals surface area contributed by atoms with Gasteiger partial charge in [-0.3, -0.25) is 0 Å². The molecule has 0 unspecified atom stereocenters. The molecule has 0 saturated carbocycles. The van der Waals surface area contributed by atoms with Crippen LogP contribution in [0.15, 0.2) is 12.1 Å². The fourth-order valence-corrected chi connectivity index (χ4v) is 2.07. The number of nitrogens with zero attached hydrogens (tertiary/aromatic N) is 4. The summed E-state index contributed by atoms with van der Waals surface area (Å²) in [6.45, 7) is 14.0. The molecule has 19 heavy (non-hydrogen) atoms. The van der Waals surface area contributed by atoms with Crippen LogP contribution in [0.3, 0.4) is 0 Å². The highest BCUT2D eigenvalue weighted by atomic mass is 14.7. The fourth-order valence-electron chi connectivity index (χ4n) is 2.07. The second kappa shape index (κ2) is 4.89. The van der Waals surface area contributed by atoms with Crippen LogP contribution in [0, 0.1) is 35.8 Å². The summed E-state index contributed by atoms with van der Waals surface area (Å²) in [5, 5.41) is 20.6. The summed E-state index contributed by atoms with van der Waals surface area (Å²) < 4.78 is 0. The number of hydrogen-bond acceptors (Lipinski definition) is 2. The average Bonchev–Trinajstić information content (AvgIpc) is 2.92. The van der Waals surface area contributed by atoms with E-state index in [4.69, 9.17) is 23.7 Å². The summed E-state index contributed by atoms with van der Waals surface area (Å²) in [4.78, 5) is 6.42. The SMILES string of the molecule is [C-]#[N+]C(C#N)=c1cc/c(=C(/C#N)[N+]#[C-])c2c1=CCC=2. The minimum Gasteiger partial charge on any atom is -0.226 e. The summed E-state index contributed by atoms with van der Waals surface area (Å²) in [6, 6.07) is 7.00. The molecule has 0 saturated heterocycles. The third-order valence-corrected chi connectivity index (χ3v) is 2.88. The number of rotatable bonds is 0. The molecule has 2 rings (SSSR count). The Labute approximate surface area is 109 Å². The molecule has 1 aromatic rings. The van der Waals surface area contributed by atoms with E-state index >= 15 is 0 Å². The second-order valence-electron chi connectivity index (χ2n) is 3.78. The highest BCUT2D eigenvalue weighted by Crippen LogP contribution is 1.93. The highest BCUT2D eigenvalue weighted by molar-refractivity contribution is 5.69. The molecule has 0 atom stereocenters. The number of fused-ring (bicyclic) bond motifs is 1. The molecule has 0 heterocycles. The van der Waals surface area contributed by atoms with Crippen LogP contribution in [0.1, 0.15) is 6.42 Å². The van der Waals surface area contributed by atoms with E-state index in [-0.39, 0.29) is 11.4 Å². The monoisotopic (exact) mass is 242 g/mol. The summed E-state index contributed by atoms with van der Waals surface area (Å²) >= 11 is 0. The Morgan fingerprint density at radius 2 is 1.37 bits per heavy atom. The minimum absolute atomic E-state index is 0.0238. The van der Waals surface area contributed by atoms with Crippen molar-refractivity contribution in [3.8, 4) is 12.1 Å². The lowest BCUT2D eigenvalue weighted by Crippen LogP contribution is -2.47. The maximum Gasteiger partial charge on any atom is 0.269 e. The smallest absolute Gasteiger partial charge is 0.226 e. The molecule has 0 bridgehead atoms. The first kappa shape index (κ1) is 12.1. The Kier molecular flexibility index (Phi) is 3.12. The molecule has 86 valence electrons. The van der Waals surface area contributed by atoms with Gasteiger partial charge in [-0.25, -0.2) is 20.2 Å². The minimum atomic E-state index is 0.0238. The van der Waals surface area contributed by atoms with E-state index in [0.717, 1.165) is 10.4 Å². The molecule has 0 radical (unpaired) electrons. The number of benzene rings is 1. The summed E-state index contributed by atoms with van der Waals surface area (Å²) in [5.74, 6) is 0. The van der Waals surface area contributed by atoms with Crippen LogP contribution in [0.2, 0.25) is 0 Å². The lowest BCUT2D eigenvalue weighted by atomic mass is 10.1. The van der Waals surface area contributed by atoms with Crippen molar-refractivity contribution in [2.75, 3.05) is 0 Å². The lowest BCUT2D eigenvalue weighted by molar-refractivity contribution is 1.39. The van der Waals surface area contributed by atoms with Crippen molar-refractivity contribution < 1.29 is 0 Å². The van der Waals surface area contributed by atoms with Crippen LogP contribution in [0.5, 0.6) is 0 Å². The molecule has 0 aromatic heterocycles. The first-order chi connectivity index (χ1) is 9.26.